The molecule has 1 aliphatic carbocycles. The molecule has 16 N–H and O–H groups in total. The molecule has 25 heteroatoms. The molecule has 0 bridgehead atoms. The lowest BCUT2D eigenvalue weighted by atomic mass is 9.85. The van der Waals surface area contributed by atoms with Gasteiger partial charge in [0.05, 0.1) is 51.7 Å². The number of carbonyl (C=O) groups excluding carboxylic acids is 2. The number of aliphatic hydroxyl groups is 7. The highest BCUT2D eigenvalue weighted by atomic mass is 35.5. The number of aromatic nitrogens is 5. The van der Waals surface area contributed by atoms with Gasteiger partial charge in [-0.05, 0) is 42.8 Å². The van der Waals surface area contributed by atoms with Crippen LogP contribution in [0.2, 0.25) is 0 Å². The van der Waals surface area contributed by atoms with Gasteiger partial charge in [0.2, 0.25) is 11.9 Å². The highest BCUT2D eigenvalue weighted by molar-refractivity contribution is 5.97. The van der Waals surface area contributed by atoms with Gasteiger partial charge in [-0.15, -0.1) is 0 Å². The summed E-state index contributed by atoms with van der Waals surface area (Å²) in [6.07, 6.45) is -5.96. The van der Waals surface area contributed by atoms with Gasteiger partial charge in [0.25, 0.3) is 5.91 Å². The number of rotatable bonds is 12. The third-order valence-corrected chi connectivity index (χ3v) is 8.18. The summed E-state index contributed by atoms with van der Waals surface area (Å²) in [6.45, 7) is 1.35. The number of nitrogens with one attached hydrogen (secondary N) is 3. The Labute approximate surface area is 353 Å². The van der Waals surface area contributed by atoms with E-state index in [0.29, 0.717) is 16.9 Å². The summed E-state index contributed by atoms with van der Waals surface area (Å²) in [5.41, 5.74) is 11.8. The van der Waals surface area contributed by atoms with Crippen LogP contribution < -0.4 is 40.1 Å². The number of hydrogen-bond acceptors (Lipinski definition) is 18. The number of nitrogens with zero attached hydrogens (tertiary/aromatic N) is 5. The number of aromatic amines is 1. The molecule has 1 saturated carbocycles. The molecular formula is C36H51ClN10O14. The largest absolute Gasteiger partial charge is 1.00 e. The minimum absolute atomic E-state index is 0. The zero-order valence-electron chi connectivity index (χ0n) is 33.1. The summed E-state index contributed by atoms with van der Waals surface area (Å²) in [7, 11) is 6.16. The summed E-state index contributed by atoms with van der Waals surface area (Å²) in [4.78, 5) is 74.6. The Kier molecular flexibility index (Phi) is 21.7. The van der Waals surface area contributed by atoms with Crippen molar-refractivity contribution in [2.24, 2.45) is 5.73 Å². The first-order valence-electron chi connectivity index (χ1n) is 17.9. The molecule has 0 unspecified atom stereocenters. The minimum Gasteiger partial charge on any atom is -1.00 e. The van der Waals surface area contributed by atoms with E-state index in [-0.39, 0.29) is 61.1 Å². The van der Waals surface area contributed by atoms with Gasteiger partial charge in [-0.1, -0.05) is 0 Å². The van der Waals surface area contributed by atoms with Gasteiger partial charge in [0, 0.05) is 30.1 Å². The fraction of sp³-hybridized carbons (Fsp3) is 0.417. The number of anilines is 2. The fourth-order valence-electron chi connectivity index (χ4n) is 4.78. The first-order chi connectivity index (χ1) is 28.1. The molecule has 5 rings (SSSR count). The number of pyridine rings is 1. The van der Waals surface area contributed by atoms with Crippen molar-refractivity contribution in [2.75, 3.05) is 45.3 Å². The first kappa shape index (κ1) is 53.1. The van der Waals surface area contributed by atoms with Crippen LogP contribution in [0.1, 0.15) is 39.3 Å². The van der Waals surface area contributed by atoms with Gasteiger partial charge in [0.15, 0.2) is 11.2 Å². The van der Waals surface area contributed by atoms with Crippen molar-refractivity contribution in [3.05, 3.63) is 82.2 Å². The highest BCUT2D eigenvalue weighted by Gasteiger charge is 2.47. The van der Waals surface area contributed by atoms with Crippen LogP contribution in [0.25, 0.3) is 11.2 Å². The molecule has 0 aliphatic heterocycles. The van der Waals surface area contributed by atoms with Crippen LogP contribution in [0.3, 0.4) is 0 Å². The molecule has 2 amide bonds. The quantitative estimate of drug-likeness (QED) is 0.0588. The number of primary amides is 1. The number of hydrogen-bond donors (Lipinski definition) is 14. The normalized spacial score (nSPS) is 19.7. The van der Waals surface area contributed by atoms with Crippen molar-refractivity contribution in [1.29, 1.82) is 0 Å². The number of nitrogen functional groups attached to an aromatic ring is 1. The van der Waals surface area contributed by atoms with E-state index in [1.165, 1.54) is 24.5 Å². The predicted molar refractivity (Wildman–Crippen MR) is 211 cm³/mol. The first-order valence-corrected chi connectivity index (χ1v) is 17.9. The van der Waals surface area contributed by atoms with Crippen LogP contribution in [0.5, 0.6) is 0 Å². The number of carboxylic acid groups (broad SMARTS) is 2. The fourth-order valence-corrected chi connectivity index (χ4v) is 4.78. The number of carboxylic acids is 2. The maximum absolute atomic E-state index is 12.3. The van der Waals surface area contributed by atoms with Gasteiger partial charge in [-0.25, -0.2) is 14.8 Å². The molecule has 1 atom stereocenters. The molecule has 1 aromatic carbocycles. The second kappa shape index (κ2) is 25.0. The lowest BCUT2D eigenvalue weighted by molar-refractivity contribution is -0.870. The van der Waals surface area contributed by atoms with Gasteiger partial charge in [-0.2, -0.15) is 4.98 Å². The molecule has 0 saturated heterocycles. The number of H-pyrrole nitrogens is 1. The SMILES string of the molecule is C[N+](C)(C)CCO.NC(=O)c1cccnc1.Nc1nc(=O)c2nc(CNc3ccc(C(=O)N[C@@H](CCC(=O)O)C(=O)O)cc3)cnc2[nH]1.O[C@H]1[C@H](O)[C@@H](O)[C@H](O)[C@@H](O)[C@H]1O.[Cl-]. The zero-order chi connectivity index (χ0) is 45.3. The van der Waals surface area contributed by atoms with Crippen molar-refractivity contribution >= 4 is 46.6 Å². The van der Waals surface area contributed by atoms with Gasteiger partial charge < -0.3 is 89.9 Å². The van der Waals surface area contributed by atoms with Crippen LogP contribution in [-0.2, 0) is 16.1 Å². The van der Waals surface area contributed by atoms with E-state index in [1.54, 1.807) is 30.5 Å². The van der Waals surface area contributed by atoms with E-state index >= 15 is 0 Å². The molecule has 336 valence electrons. The van der Waals surface area contributed by atoms with Crippen LogP contribution in [0.4, 0.5) is 11.6 Å². The summed E-state index contributed by atoms with van der Waals surface area (Å²) in [5, 5.41) is 85.4. The molecule has 4 aromatic rings. The Bertz CT molecular complexity index is 2020. The summed E-state index contributed by atoms with van der Waals surface area (Å²) >= 11 is 0. The van der Waals surface area contributed by atoms with Crippen molar-refractivity contribution < 1.29 is 82.0 Å². The number of benzene rings is 1. The Morgan fingerprint density at radius 1 is 0.852 bits per heavy atom. The lowest BCUT2D eigenvalue weighted by Gasteiger charge is -2.39. The Hall–Kier alpha value is -5.96. The van der Waals surface area contributed by atoms with E-state index in [2.05, 4.69) is 56.7 Å². The third-order valence-electron chi connectivity index (χ3n) is 8.18. The average Bonchev–Trinajstić information content (AvgIpc) is 3.20. The number of aliphatic hydroxyl groups excluding tert-OH is 7. The van der Waals surface area contributed by atoms with Crippen molar-refractivity contribution in [1.82, 2.24) is 30.2 Å². The number of aliphatic carboxylic acids is 2. The van der Waals surface area contributed by atoms with Crippen LogP contribution >= 0.6 is 0 Å². The molecule has 0 radical (unpaired) electrons. The monoisotopic (exact) mass is 882 g/mol. The van der Waals surface area contributed by atoms with Crippen molar-refractivity contribution in [2.45, 2.75) is 62.1 Å². The molecule has 1 aliphatic rings. The van der Waals surface area contributed by atoms with Crippen LogP contribution in [0.15, 0.2) is 59.8 Å². The Morgan fingerprint density at radius 2 is 1.41 bits per heavy atom. The van der Waals surface area contributed by atoms with Gasteiger partial charge in [-0.3, -0.25) is 24.2 Å². The molecular weight excluding hydrogens is 832 g/mol. The summed E-state index contributed by atoms with van der Waals surface area (Å²) in [5.74, 6) is -3.60. The molecule has 3 aromatic heterocycles. The Morgan fingerprint density at radius 3 is 1.82 bits per heavy atom. The van der Waals surface area contributed by atoms with Gasteiger partial charge in [0.1, 0.15) is 49.2 Å². The van der Waals surface area contributed by atoms with Crippen molar-refractivity contribution in [3.63, 3.8) is 0 Å². The van der Waals surface area contributed by atoms with E-state index < -0.39 is 72.0 Å². The number of fused-ring (bicyclic) bond motifs is 1. The summed E-state index contributed by atoms with van der Waals surface area (Å²) < 4.78 is 0.844. The number of likely N-dealkylation sites (N-methyl/N-ethyl adjacent to an activating group) is 1. The second-order valence-electron chi connectivity index (χ2n) is 14.0. The lowest BCUT2D eigenvalue weighted by Crippen LogP contribution is -3.00. The summed E-state index contributed by atoms with van der Waals surface area (Å²) in [6, 6.07) is 8.15. The number of nitrogens with two attached hydrogens (primary N) is 2. The second-order valence-corrected chi connectivity index (χ2v) is 14.0. The average molecular weight is 883 g/mol. The molecule has 3 heterocycles. The van der Waals surface area contributed by atoms with E-state index in [9.17, 15) is 24.0 Å². The minimum atomic E-state index is -1.64. The number of carbonyl (C=O) groups is 4. The maximum atomic E-state index is 12.3. The number of amides is 2. The smallest absolute Gasteiger partial charge is 0.326 e. The molecule has 24 nitrogen and oxygen atoms in total. The molecule has 61 heavy (non-hydrogen) atoms. The van der Waals surface area contributed by atoms with Crippen LogP contribution in [0, 0.1) is 0 Å². The highest BCUT2D eigenvalue weighted by Crippen LogP contribution is 2.21. The van der Waals surface area contributed by atoms with Crippen LogP contribution in [-0.4, -0.2) is 176 Å². The van der Waals surface area contributed by atoms with E-state index in [1.807, 2.05) is 0 Å². The maximum Gasteiger partial charge on any atom is 0.326 e. The topological polar surface area (TPSA) is 411 Å². The molecule has 0 spiro atoms. The number of halogens is 1. The standard InChI is InChI=1S/C19H19N7O6.C6H6N2O.C6H12O6.C5H14NO.ClH/c20-19-25-15-14(17(30)26-19)23-11(8-22-15)7-21-10-3-1-9(2-4-10)16(29)24-12(18(31)32)5-6-13(27)28;7-6(9)5-2-1-3-8-4-5;7-1-2(8)4(10)6(12)5(11)3(1)9;1-6(2,3)4-5-7;/h1-4,8,12,21H,5-7H2,(H,24,29)(H,27,28)(H,31,32)(H3,20,22,25,26,30);1-4H,(H2,7,9);1-12H;7H,4-5H2,1-3H3;1H/q;;;+1;/p-1/t12-;;1-,2-,3-,4+,5-,6-;;/m0..../s1. The number of quaternary nitrogens is 1. The van der Waals surface area contributed by atoms with E-state index in [4.69, 9.17) is 57.4 Å². The van der Waals surface area contributed by atoms with Crippen molar-refractivity contribution in [3.8, 4) is 0 Å². The third kappa shape index (κ3) is 17.7. The Balaban J connectivity index is 0.000000519. The predicted octanol–water partition coefficient (Wildman–Crippen LogP) is -7.01. The van der Waals surface area contributed by atoms with E-state index in [0.717, 1.165) is 11.0 Å². The van der Waals surface area contributed by atoms with Gasteiger partial charge >= 0.3 is 17.5 Å². The molecule has 1 fully saturated rings. The zero-order valence-corrected chi connectivity index (χ0v) is 33.9.